The van der Waals surface area contributed by atoms with Gasteiger partial charge in [0.05, 0.1) is 6.10 Å². The van der Waals surface area contributed by atoms with Crippen molar-refractivity contribution < 1.29 is 4.74 Å². The molecule has 1 aliphatic heterocycles. The van der Waals surface area contributed by atoms with Crippen molar-refractivity contribution in [3.63, 3.8) is 0 Å². The number of hydrogen-bond donors (Lipinski definition) is 0. The van der Waals surface area contributed by atoms with Gasteiger partial charge in [0.2, 0.25) is 0 Å². The van der Waals surface area contributed by atoms with Gasteiger partial charge in [-0.3, -0.25) is 0 Å². The fourth-order valence-corrected chi connectivity index (χ4v) is 4.38. The summed E-state index contributed by atoms with van der Waals surface area (Å²) >= 11 is 3.99. The Labute approximate surface area is 138 Å². The molecule has 1 aromatic carbocycles. The Hall–Kier alpha value is -0.340. The largest absolute Gasteiger partial charge is 0.378 e. The van der Waals surface area contributed by atoms with Gasteiger partial charge in [-0.2, -0.15) is 0 Å². The molecule has 1 heterocycles. The van der Waals surface area contributed by atoms with Crippen LogP contribution in [0.25, 0.3) is 0 Å². The van der Waals surface area contributed by atoms with Crippen LogP contribution in [-0.2, 0) is 4.74 Å². The number of rotatable bonds is 5. The summed E-state index contributed by atoms with van der Waals surface area (Å²) in [4.78, 5) is 0.406. The van der Waals surface area contributed by atoms with E-state index in [9.17, 15) is 0 Å². The maximum absolute atomic E-state index is 5.89. The van der Waals surface area contributed by atoms with Gasteiger partial charge in [-0.15, -0.1) is 0 Å². The van der Waals surface area contributed by atoms with Gasteiger partial charge >= 0.3 is 0 Å². The predicted octanol–water partition coefficient (Wildman–Crippen LogP) is 6.18. The zero-order valence-electron chi connectivity index (χ0n) is 14.0. The summed E-state index contributed by atoms with van der Waals surface area (Å²) in [5, 5.41) is 0. The monoisotopic (exact) mass is 352 g/mol. The van der Waals surface area contributed by atoms with Crippen LogP contribution in [0.2, 0.25) is 0 Å². The first-order valence-electron chi connectivity index (χ1n) is 8.35. The van der Waals surface area contributed by atoms with Crippen LogP contribution in [0.15, 0.2) is 18.2 Å². The minimum absolute atomic E-state index is 0.402. The maximum Gasteiger partial charge on any atom is 0.0615 e. The number of benzene rings is 1. The lowest BCUT2D eigenvalue weighted by atomic mass is 9.85. The number of ether oxygens (including phenoxy) is 1. The second-order valence-electron chi connectivity index (χ2n) is 6.87. The van der Waals surface area contributed by atoms with Gasteiger partial charge in [-0.25, -0.2) is 0 Å². The van der Waals surface area contributed by atoms with Crippen molar-refractivity contribution >= 4 is 15.9 Å². The van der Waals surface area contributed by atoms with Crippen molar-refractivity contribution in [2.24, 2.45) is 5.92 Å². The lowest BCUT2D eigenvalue weighted by Crippen LogP contribution is -2.20. The van der Waals surface area contributed by atoms with Crippen molar-refractivity contribution in [2.45, 2.75) is 70.2 Å². The minimum atomic E-state index is 0.402. The molecule has 0 spiro atoms. The van der Waals surface area contributed by atoms with E-state index in [1.54, 1.807) is 0 Å². The van der Waals surface area contributed by atoms with Gasteiger partial charge in [0, 0.05) is 17.4 Å². The predicted molar refractivity (Wildman–Crippen MR) is 94.4 cm³/mol. The topological polar surface area (TPSA) is 9.23 Å². The molecular formula is C19H29BrO. The van der Waals surface area contributed by atoms with Crippen molar-refractivity contribution in [3.8, 4) is 0 Å². The van der Waals surface area contributed by atoms with Crippen LogP contribution in [0.3, 0.4) is 0 Å². The number of alkyl halides is 1. The van der Waals surface area contributed by atoms with E-state index >= 15 is 0 Å². The summed E-state index contributed by atoms with van der Waals surface area (Å²) in [5.41, 5.74) is 4.39. The van der Waals surface area contributed by atoms with Gasteiger partial charge in [0.25, 0.3) is 0 Å². The van der Waals surface area contributed by atoms with E-state index in [1.165, 1.54) is 16.7 Å². The molecule has 0 N–H and O–H groups in total. The normalized spacial score (nSPS) is 24.0. The molecular weight excluding hydrogens is 324 g/mol. The standard InChI is InChI=1S/C19H29BrO/c1-6-18-16(9-10-21-18)19(20)15-8-7-14(12(2)3)11-17(15)13(4)5/h7-8,11-13,16,18-19H,6,9-10H2,1-5H3. The van der Waals surface area contributed by atoms with Crippen molar-refractivity contribution in [1.29, 1.82) is 0 Å². The van der Waals surface area contributed by atoms with Crippen LogP contribution in [-0.4, -0.2) is 12.7 Å². The molecule has 21 heavy (non-hydrogen) atoms. The summed E-state index contributed by atoms with van der Waals surface area (Å²) in [6, 6.07) is 7.06. The van der Waals surface area contributed by atoms with E-state index in [4.69, 9.17) is 4.74 Å². The Kier molecular flexibility index (Phi) is 5.90. The maximum atomic E-state index is 5.89. The lowest BCUT2D eigenvalue weighted by molar-refractivity contribution is 0.0872. The zero-order valence-corrected chi connectivity index (χ0v) is 15.6. The summed E-state index contributed by atoms with van der Waals surface area (Å²) in [6.45, 7) is 12.3. The average molecular weight is 353 g/mol. The van der Waals surface area contributed by atoms with Gasteiger partial charge < -0.3 is 4.74 Å². The van der Waals surface area contributed by atoms with Gasteiger partial charge in [-0.1, -0.05) is 68.7 Å². The van der Waals surface area contributed by atoms with Crippen LogP contribution in [0, 0.1) is 5.92 Å². The second-order valence-corrected chi connectivity index (χ2v) is 7.86. The number of halogens is 1. The van der Waals surface area contributed by atoms with E-state index < -0.39 is 0 Å². The fourth-order valence-electron chi connectivity index (χ4n) is 3.35. The third kappa shape index (κ3) is 3.71. The summed E-state index contributed by atoms with van der Waals surface area (Å²) in [6.07, 6.45) is 2.67. The second kappa shape index (κ2) is 7.28. The molecule has 0 aliphatic carbocycles. The van der Waals surface area contributed by atoms with Crippen molar-refractivity contribution in [1.82, 2.24) is 0 Å². The summed E-state index contributed by atoms with van der Waals surface area (Å²) < 4.78 is 5.89. The molecule has 2 heteroatoms. The SMILES string of the molecule is CCC1OCCC1C(Br)c1ccc(C(C)C)cc1C(C)C. The number of hydrogen-bond acceptors (Lipinski definition) is 1. The Morgan fingerprint density at radius 3 is 2.43 bits per heavy atom. The molecule has 0 radical (unpaired) electrons. The van der Waals surface area contributed by atoms with Crippen LogP contribution < -0.4 is 0 Å². The van der Waals surface area contributed by atoms with Gasteiger partial charge in [-0.05, 0) is 41.4 Å². The van der Waals surface area contributed by atoms with Gasteiger partial charge in [0.15, 0.2) is 0 Å². The molecule has 0 aromatic heterocycles. The molecule has 0 bridgehead atoms. The highest BCUT2D eigenvalue weighted by Gasteiger charge is 2.34. The smallest absolute Gasteiger partial charge is 0.0615 e. The van der Waals surface area contributed by atoms with E-state index in [0.717, 1.165) is 19.4 Å². The molecule has 0 saturated carbocycles. The Morgan fingerprint density at radius 2 is 1.86 bits per heavy atom. The summed E-state index contributed by atoms with van der Waals surface area (Å²) in [5.74, 6) is 1.74. The zero-order chi connectivity index (χ0) is 15.6. The van der Waals surface area contributed by atoms with E-state index in [2.05, 4.69) is 68.7 Å². The van der Waals surface area contributed by atoms with Gasteiger partial charge in [0.1, 0.15) is 0 Å². The molecule has 1 aliphatic rings. The van der Waals surface area contributed by atoms with Crippen LogP contribution in [0.1, 0.15) is 80.8 Å². The molecule has 1 nitrogen and oxygen atoms in total. The quantitative estimate of drug-likeness (QED) is 0.574. The van der Waals surface area contributed by atoms with E-state index in [-0.39, 0.29) is 0 Å². The van der Waals surface area contributed by atoms with Crippen LogP contribution >= 0.6 is 15.9 Å². The molecule has 118 valence electrons. The Morgan fingerprint density at radius 1 is 1.14 bits per heavy atom. The first-order chi connectivity index (χ1) is 9.95. The average Bonchev–Trinajstić information content (AvgIpc) is 2.94. The first kappa shape index (κ1) is 17.0. The fraction of sp³-hybridized carbons (Fsp3) is 0.684. The molecule has 1 fully saturated rings. The highest BCUT2D eigenvalue weighted by Crippen LogP contribution is 2.43. The molecule has 3 atom stereocenters. The lowest BCUT2D eigenvalue weighted by Gasteiger charge is -2.26. The van der Waals surface area contributed by atoms with E-state index in [0.29, 0.717) is 28.7 Å². The van der Waals surface area contributed by atoms with Crippen LogP contribution in [0.4, 0.5) is 0 Å². The summed E-state index contributed by atoms with van der Waals surface area (Å²) in [7, 11) is 0. The third-order valence-electron chi connectivity index (χ3n) is 4.74. The first-order valence-corrected chi connectivity index (χ1v) is 9.26. The molecule has 0 amide bonds. The Balaban J connectivity index is 2.33. The molecule has 2 rings (SSSR count). The molecule has 1 saturated heterocycles. The third-order valence-corrected chi connectivity index (χ3v) is 5.91. The van der Waals surface area contributed by atoms with Crippen molar-refractivity contribution in [2.75, 3.05) is 6.61 Å². The van der Waals surface area contributed by atoms with Crippen LogP contribution in [0.5, 0.6) is 0 Å². The highest BCUT2D eigenvalue weighted by molar-refractivity contribution is 9.09. The molecule has 3 unspecified atom stereocenters. The van der Waals surface area contributed by atoms with E-state index in [1.807, 2.05) is 0 Å². The minimum Gasteiger partial charge on any atom is -0.378 e. The van der Waals surface area contributed by atoms with Crippen molar-refractivity contribution in [3.05, 3.63) is 34.9 Å². The molecule has 1 aromatic rings. The Bertz CT molecular complexity index is 467. The highest BCUT2D eigenvalue weighted by atomic mass is 79.9.